The van der Waals surface area contributed by atoms with Crippen molar-refractivity contribution < 1.29 is 9.18 Å². The number of halogens is 1. The lowest BCUT2D eigenvalue weighted by molar-refractivity contribution is 0.0783. The van der Waals surface area contributed by atoms with E-state index in [-0.39, 0.29) is 23.4 Å². The smallest absolute Gasteiger partial charge is 0.259 e. The molecule has 1 amide bonds. The summed E-state index contributed by atoms with van der Waals surface area (Å²) < 4.78 is 13.2. The predicted molar refractivity (Wildman–Crippen MR) is 86.8 cm³/mol. The van der Waals surface area contributed by atoms with Crippen molar-refractivity contribution in [2.24, 2.45) is 0 Å². The molecule has 5 heteroatoms. The summed E-state index contributed by atoms with van der Waals surface area (Å²) in [4.78, 5) is 29.3. The number of aromatic nitrogens is 1. The first-order valence-corrected chi connectivity index (χ1v) is 7.16. The van der Waals surface area contributed by atoms with Gasteiger partial charge < -0.3 is 9.88 Å². The number of nitrogens with zero attached hydrogens (tertiary/aromatic N) is 1. The van der Waals surface area contributed by atoms with E-state index >= 15 is 0 Å². The van der Waals surface area contributed by atoms with Crippen LogP contribution in [0.3, 0.4) is 0 Å². The highest BCUT2D eigenvalue weighted by Gasteiger charge is 2.17. The molecule has 2 aromatic carbocycles. The molecule has 0 unspecified atom stereocenters. The summed E-state index contributed by atoms with van der Waals surface area (Å²) in [6, 6.07) is 13.1. The van der Waals surface area contributed by atoms with Crippen LogP contribution in [0.2, 0.25) is 0 Å². The minimum absolute atomic E-state index is 0.0719. The lowest BCUT2D eigenvalue weighted by atomic mass is 10.1. The molecule has 0 atom stereocenters. The lowest BCUT2D eigenvalue weighted by Gasteiger charge is -2.17. The number of amides is 1. The van der Waals surface area contributed by atoms with Gasteiger partial charge in [-0.3, -0.25) is 9.59 Å². The van der Waals surface area contributed by atoms with Crippen LogP contribution in [0.15, 0.2) is 59.5 Å². The number of aromatic amines is 1. The van der Waals surface area contributed by atoms with E-state index in [0.29, 0.717) is 16.5 Å². The zero-order valence-corrected chi connectivity index (χ0v) is 12.5. The molecule has 3 rings (SSSR count). The summed E-state index contributed by atoms with van der Waals surface area (Å²) in [5, 5.41) is 0.470. The molecular weight excluding hydrogens is 295 g/mol. The number of H-pyrrole nitrogens is 1. The van der Waals surface area contributed by atoms with Gasteiger partial charge in [0.05, 0.1) is 0 Å². The van der Waals surface area contributed by atoms with Crippen LogP contribution in [0.4, 0.5) is 4.39 Å². The van der Waals surface area contributed by atoms with E-state index in [1.807, 2.05) is 6.07 Å². The molecule has 0 radical (unpaired) electrons. The fourth-order valence-electron chi connectivity index (χ4n) is 2.51. The Morgan fingerprint density at radius 3 is 2.74 bits per heavy atom. The minimum atomic E-state index is -0.402. The summed E-state index contributed by atoms with van der Waals surface area (Å²) in [5.41, 5.74) is 1.11. The maximum Gasteiger partial charge on any atom is 0.259 e. The Balaban J connectivity index is 1.91. The average Bonchev–Trinajstić information content (AvgIpc) is 2.55. The molecule has 1 aromatic heterocycles. The van der Waals surface area contributed by atoms with E-state index in [9.17, 15) is 14.0 Å². The third-order valence-corrected chi connectivity index (χ3v) is 3.67. The molecule has 3 aromatic rings. The molecule has 4 nitrogen and oxygen atoms in total. The van der Waals surface area contributed by atoms with Gasteiger partial charge in [-0.25, -0.2) is 4.39 Å². The number of pyridine rings is 1. The Morgan fingerprint density at radius 1 is 1.17 bits per heavy atom. The number of hydrogen-bond acceptors (Lipinski definition) is 2. The molecule has 0 aliphatic rings. The zero-order chi connectivity index (χ0) is 16.4. The fraction of sp³-hybridized carbons (Fsp3) is 0.111. The molecule has 0 spiro atoms. The number of nitrogens with one attached hydrogen (secondary N) is 1. The highest BCUT2D eigenvalue weighted by molar-refractivity contribution is 5.96. The van der Waals surface area contributed by atoms with Crippen LogP contribution >= 0.6 is 0 Å². The highest BCUT2D eigenvalue weighted by Crippen LogP contribution is 2.11. The molecule has 0 fully saturated rings. The van der Waals surface area contributed by atoms with Crippen LogP contribution in [-0.4, -0.2) is 22.8 Å². The Morgan fingerprint density at radius 2 is 1.96 bits per heavy atom. The molecule has 116 valence electrons. The van der Waals surface area contributed by atoms with Crippen LogP contribution in [0.25, 0.3) is 10.9 Å². The van der Waals surface area contributed by atoms with Crippen LogP contribution in [-0.2, 0) is 6.54 Å². The molecule has 0 bridgehead atoms. The first-order chi connectivity index (χ1) is 11.1. The van der Waals surface area contributed by atoms with Gasteiger partial charge in [-0.1, -0.05) is 24.3 Å². The van der Waals surface area contributed by atoms with Crippen LogP contribution in [0, 0.1) is 5.82 Å². The van der Waals surface area contributed by atoms with Crippen LogP contribution < -0.4 is 5.43 Å². The van der Waals surface area contributed by atoms with Gasteiger partial charge in [0.15, 0.2) is 0 Å². The topological polar surface area (TPSA) is 53.2 Å². The molecule has 0 saturated heterocycles. The van der Waals surface area contributed by atoms with Gasteiger partial charge in [-0.2, -0.15) is 0 Å². The molecule has 0 aliphatic heterocycles. The van der Waals surface area contributed by atoms with E-state index in [1.54, 1.807) is 37.4 Å². The first-order valence-electron chi connectivity index (χ1n) is 7.16. The zero-order valence-electron chi connectivity index (χ0n) is 12.5. The van der Waals surface area contributed by atoms with Gasteiger partial charge in [0.25, 0.3) is 5.91 Å². The van der Waals surface area contributed by atoms with Crippen LogP contribution in [0.1, 0.15) is 15.9 Å². The molecule has 1 N–H and O–H groups in total. The van der Waals surface area contributed by atoms with E-state index in [1.165, 1.54) is 23.2 Å². The quantitative estimate of drug-likeness (QED) is 0.808. The normalized spacial score (nSPS) is 10.7. The first kappa shape index (κ1) is 15.0. The number of benzene rings is 2. The second kappa shape index (κ2) is 6.04. The summed E-state index contributed by atoms with van der Waals surface area (Å²) in [7, 11) is 1.59. The lowest BCUT2D eigenvalue weighted by Crippen LogP contribution is -2.30. The second-order valence-electron chi connectivity index (χ2n) is 5.37. The summed E-state index contributed by atoms with van der Waals surface area (Å²) in [5.74, 6) is -0.756. The van der Waals surface area contributed by atoms with E-state index in [2.05, 4.69) is 4.98 Å². The third-order valence-electron chi connectivity index (χ3n) is 3.67. The largest absolute Gasteiger partial charge is 0.360 e. The minimum Gasteiger partial charge on any atom is -0.360 e. The van der Waals surface area contributed by atoms with E-state index in [0.717, 1.165) is 0 Å². The second-order valence-corrected chi connectivity index (χ2v) is 5.37. The summed E-state index contributed by atoms with van der Waals surface area (Å²) in [6.45, 7) is 0.225. The molecule has 0 saturated carbocycles. The van der Waals surface area contributed by atoms with Crippen molar-refractivity contribution in [3.8, 4) is 0 Å². The third kappa shape index (κ3) is 2.99. The van der Waals surface area contributed by atoms with Gasteiger partial charge in [-0.05, 0) is 29.8 Å². The maximum atomic E-state index is 13.2. The number of rotatable bonds is 3. The van der Waals surface area contributed by atoms with Crippen molar-refractivity contribution in [1.82, 2.24) is 9.88 Å². The number of hydrogen-bond donors (Lipinski definition) is 1. The van der Waals surface area contributed by atoms with Crippen molar-refractivity contribution in [3.05, 3.63) is 81.9 Å². The van der Waals surface area contributed by atoms with Gasteiger partial charge in [0, 0.05) is 30.7 Å². The predicted octanol–water partition coefficient (Wildman–Crippen LogP) is 2.94. The number of para-hydroxylation sites is 1. The van der Waals surface area contributed by atoms with Crippen LogP contribution in [0.5, 0.6) is 0 Å². The molecule has 1 heterocycles. The van der Waals surface area contributed by atoms with Gasteiger partial charge in [0.1, 0.15) is 11.4 Å². The summed E-state index contributed by atoms with van der Waals surface area (Å²) in [6.07, 6.45) is 1.43. The Hall–Kier alpha value is -2.95. The van der Waals surface area contributed by atoms with Gasteiger partial charge in [-0.15, -0.1) is 0 Å². The SMILES string of the molecule is CN(Cc1cccc(F)c1)C(=O)c1c[nH]c2ccccc2c1=O. The van der Waals surface area contributed by atoms with E-state index < -0.39 is 5.91 Å². The fourth-order valence-corrected chi connectivity index (χ4v) is 2.51. The average molecular weight is 310 g/mol. The van der Waals surface area contributed by atoms with Crippen molar-refractivity contribution in [2.75, 3.05) is 7.05 Å². The monoisotopic (exact) mass is 310 g/mol. The van der Waals surface area contributed by atoms with Gasteiger partial charge >= 0.3 is 0 Å². The molecule has 0 aliphatic carbocycles. The Kier molecular flexibility index (Phi) is 3.93. The van der Waals surface area contributed by atoms with E-state index in [4.69, 9.17) is 0 Å². The highest BCUT2D eigenvalue weighted by atomic mass is 19.1. The van der Waals surface area contributed by atoms with Crippen molar-refractivity contribution in [1.29, 1.82) is 0 Å². The van der Waals surface area contributed by atoms with Crippen molar-refractivity contribution in [2.45, 2.75) is 6.54 Å². The number of carbonyl (C=O) groups is 1. The number of carbonyl (C=O) groups excluding carboxylic acids is 1. The standard InChI is InChI=1S/C18H15FN2O2/c1-21(11-12-5-4-6-13(19)9-12)18(23)15-10-20-16-8-3-2-7-14(16)17(15)22/h2-10H,11H2,1H3,(H,20,22). The number of fused-ring (bicyclic) bond motifs is 1. The Labute approximate surface area is 132 Å². The Bertz CT molecular complexity index is 933. The molecular formula is C18H15FN2O2. The summed E-state index contributed by atoms with van der Waals surface area (Å²) >= 11 is 0. The van der Waals surface area contributed by atoms with Crippen molar-refractivity contribution >= 4 is 16.8 Å². The maximum absolute atomic E-state index is 13.2. The van der Waals surface area contributed by atoms with Gasteiger partial charge in [0.2, 0.25) is 5.43 Å². The molecule has 23 heavy (non-hydrogen) atoms. The van der Waals surface area contributed by atoms with Crippen molar-refractivity contribution in [3.63, 3.8) is 0 Å².